The van der Waals surface area contributed by atoms with Crippen LogP contribution in [0.25, 0.3) is 0 Å². The Bertz CT molecular complexity index is 970. The monoisotopic (exact) mass is 410 g/mol. The lowest BCUT2D eigenvalue weighted by molar-refractivity contribution is 0.0240. The first-order chi connectivity index (χ1) is 14.0. The fourth-order valence-corrected chi connectivity index (χ4v) is 4.87. The molecule has 3 heterocycles. The molecule has 2 aromatic heterocycles. The number of carbonyl (C=O) groups is 1. The second kappa shape index (κ2) is 8.53. The summed E-state index contributed by atoms with van der Waals surface area (Å²) in [5.74, 6) is 0.0973. The van der Waals surface area contributed by atoms with Crippen LogP contribution in [0.1, 0.15) is 43.7 Å². The SMILES string of the molecule is Cc1ccc([C@@H](c2c(NC(=O)c3ccco3)sc(C)c2C)N2CCOCC2)cc1. The predicted molar refractivity (Wildman–Crippen MR) is 116 cm³/mol. The fourth-order valence-electron chi connectivity index (χ4n) is 3.78. The van der Waals surface area contributed by atoms with Gasteiger partial charge in [-0.3, -0.25) is 9.69 Å². The fraction of sp³-hybridized carbons (Fsp3) is 0.348. The highest BCUT2D eigenvalue weighted by molar-refractivity contribution is 7.16. The lowest BCUT2D eigenvalue weighted by Crippen LogP contribution is -2.39. The van der Waals surface area contributed by atoms with E-state index in [1.807, 2.05) is 0 Å². The third-order valence-corrected chi connectivity index (χ3v) is 6.62. The van der Waals surface area contributed by atoms with Crippen LogP contribution >= 0.6 is 11.3 Å². The Labute approximate surface area is 175 Å². The average molecular weight is 411 g/mol. The van der Waals surface area contributed by atoms with E-state index in [4.69, 9.17) is 9.15 Å². The Hall–Kier alpha value is -2.41. The van der Waals surface area contributed by atoms with E-state index in [0.29, 0.717) is 5.76 Å². The number of morpholine rings is 1. The molecular weight excluding hydrogens is 384 g/mol. The van der Waals surface area contributed by atoms with E-state index in [1.54, 1.807) is 23.5 Å². The number of benzene rings is 1. The van der Waals surface area contributed by atoms with Gasteiger partial charge in [0.05, 0.1) is 25.5 Å². The highest BCUT2D eigenvalue weighted by Crippen LogP contribution is 2.42. The Morgan fingerprint density at radius 2 is 1.83 bits per heavy atom. The largest absolute Gasteiger partial charge is 0.459 e. The van der Waals surface area contributed by atoms with Gasteiger partial charge in [0.25, 0.3) is 5.91 Å². The summed E-state index contributed by atoms with van der Waals surface area (Å²) in [7, 11) is 0. The van der Waals surface area contributed by atoms with Crippen LogP contribution in [0.5, 0.6) is 0 Å². The lowest BCUT2D eigenvalue weighted by Gasteiger charge is -2.35. The summed E-state index contributed by atoms with van der Waals surface area (Å²) in [6.07, 6.45) is 1.52. The molecular formula is C23H26N2O3S. The highest BCUT2D eigenvalue weighted by Gasteiger charge is 2.30. The molecule has 0 unspecified atom stereocenters. The summed E-state index contributed by atoms with van der Waals surface area (Å²) in [5, 5.41) is 3.99. The van der Waals surface area contributed by atoms with Gasteiger partial charge in [-0.25, -0.2) is 0 Å². The molecule has 1 aliphatic rings. The molecule has 1 saturated heterocycles. The van der Waals surface area contributed by atoms with Gasteiger partial charge in [0.2, 0.25) is 0 Å². The van der Waals surface area contributed by atoms with Crippen LogP contribution in [-0.2, 0) is 4.74 Å². The molecule has 0 aliphatic carbocycles. The summed E-state index contributed by atoms with van der Waals surface area (Å²) in [6.45, 7) is 9.51. The first-order valence-corrected chi connectivity index (χ1v) is 10.7. The molecule has 3 aromatic rings. The third-order valence-electron chi connectivity index (χ3n) is 5.48. The van der Waals surface area contributed by atoms with Crippen LogP contribution in [0.2, 0.25) is 0 Å². The molecule has 1 aromatic carbocycles. The zero-order chi connectivity index (χ0) is 20.4. The smallest absolute Gasteiger partial charge is 0.291 e. The molecule has 4 rings (SSSR count). The van der Waals surface area contributed by atoms with Crippen molar-refractivity contribution in [1.29, 1.82) is 0 Å². The highest BCUT2D eigenvalue weighted by atomic mass is 32.1. The van der Waals surface area contributed by atoms with Gasteiger partial charge in [-0.2, -0.15) is 0 Å². The Morgan fingerprint density at radius 3 is 2.48 bits per heavy atom. The van der Waals surface area contributed by atoms with Crippen molar-refractivity contribution < 1.29 is 13.9 Å². The molecule has 6 heteroatoms. The zero-order valence-electron chi connectivity index (χ0n) is 17.0. The molecule has 5 nitrogen and oxygen atoms in total. The van der Waals surface area contributed by atoms with Gasteiger partial charge in [0.15, 0.2) is 5.76 Å². The number of furan rings is 1. The maximum absolute atomic E-state index is 12.7. The Kier molecular flexibility index (Phi) is 5.85. The summed E-state index contributed by atoms with van der Waals surface area (Å²) in [5.41, 5.74) is 4.85. The Morgan fingerprint density at radius 1 is 1.10 bits per heavy atom. The van der Waals surface area contributed by atoms with Crippen LogP contribution in [-0.4, -0.2) is 37.1 Å². The molecule has 29 heavy (non-hydrogen) atoms. The predicted octanol–water partition coefficient (Wildman–Crippen LogP) is 4.94. The van der Waals surface area contributed by atoms with Gasteiger partial charge in [0, 0.05) is 23.5 Å². The van der Waals surface area contributed by atoms with Crippen molar-refractivity contribution in [3.05, 3.63) is 75.6 Å². The number of nitrogens with one attached hydrogen (secondary N) is 1. The molecule has 0 bridgehead atoms. The van der Waals surface area contributed by atoms with E-state index in [0.717, 1.165) is 36.9 Å². The minimum Gasteiger partial charge on any atom is -0.459 e. The van der Waals surface area contributed by atoms with Crippen LogP contribution in [0.3, 0.4) is 0 Å². The first-order valence-electron chi connectivity index (χ1n) is 9.87. The summed E-state index contributed by atoms with van der Waals surface area (Å²) < 4.78 is 10.9. The van der Waals surface area contributed by atoms with Crippen molar-refractivity contribution in [2.75, 3.05) is 31.6 Å². The van der Waals surface area contributed by atoms with E-state index in [2.05, 4.69) is 55.3 Å². The second-order valence-corrected chi connectivity index (χ2v) is 8.64. The van der Waals surface area contributed by atoms with E-state index in [-0.39, 0.29) is 11.9 Å². The van der Waals surface area contributed by atoms with Crippen LogP contribution in [0, 0.1) is 20.8 Å². The standard InChI is InChI=1S/C23H26N2O3S/c1-15-6-8-18(9-7-15)21(25-10-13-27-14-11-25)20-16(2)17(3)29-23(20)24-22(26)19-5-4-12-28-19/h4-9,12,21H,10-11,13-14H2,1-3H3,(H,24,26)/t21-/m0/s1. The first kappa shape index (κ1) is 19.9. The molecule has 1 N–H and O–H groups in total. The number of aryl methyl sites for hydroxylation is 2. The number of amides is 1. The van der Waals surface area contributed by atoms with Crippen LogP contribution < -0.4 is 5.32 Å². The summed E-state index contributed by atoms with van der Waals surface area (Å²) in [6, 6.07) is 12.2. The van der Waals surface area contributed by atoms with Crippen molar-refractivity contribution >= 4 is 22.2 Å². The Balaban J connectivity index is 1.77. The van der Waals surface area contributed by atoms with Crippen molar-refractivity contribution in [2.24, 2.45) is 0 Å². The number of ether oxygens (including phenoxy) is 1. The molecule has 0 spiro atoms. The molecule has 1 amide bonds. The minimum absolute atomic E-state index is 0.0661. The number of anilines is 1. The topological polar surface area (TPSA) is 54.7 Å². The zero-order valence-corrected chi connectivity index (χ0v) is 17.8. The molecule has 152 valence electrons. The van der Waals surface area contributed by atoms with Crippen molar-refractivity contribution in [2.45, 2.75) is 26.8 Å². The number of hydrogen-bond acceptors (Lipinski definition) is 5. The summed E-state index contributed by atoms with van der Waals surface area (Å²) >= 11 is 1.63. The molecule has 1 fully saturated rings. The lowest BCUT2D eigenvalue weighted by atomic mass is 9.94. The molecule has 0 saturated carbocycles. The number of thiophene rings is 1. The van der Waals surface area contributed by atoms with Crippen LogP contribution in [0.4, 0.5) is 5.00 Å². The van der Waals surface area contributed by atoms with Crippen molar-refractivity contribution in [3.8, 4) is 0 Å². The van der Waals surface area contributed by atoms with Gasteiger partial charge < -0.3 is 14.5 Å². The second-order valence-electron chi connectivity index (χ2n) is 7.42. The van der Waals surface area contributed by atoms with E-state index in [1.165, 1.54) is 27.8 Å². The van der Waals surface area contributed by atoms with E-state index < -0.39 is 0 Å². The van der Waals surface area contributed by atoms with Gasteiger partial charge in [0.1, 0.15) is 5.00 Å². The van der Waals surface area contributed by atoms with Gasteiger partial charge in [-0.05, 0) is 44.0 Å². The van der Waals surface area contributed by atoms with Crippen molar-refractivity contribution in [1.82, 2.24) is 4.90 Å². The van der Waals surface area contributed by atoms with E-state index >= 15 is 0 Å². The quantitative estimate of drug-likeness (QED) is 0.647. The number of nitrogens with zero attached hydrogens (tertiary/aromatic N) is 1. The minimum atomic E-state index is -0.220. The van der Waals surface area contributed by atoms with Crippen molar-refractivity contribution in [3.63, 3.8) is 0 Å². The number of rotatable bonds is 5. The maximum atomic E-state index is 12.7. The van der Waals surface area contributed by atoms with Gasteiger partial charge in [-0.15, -0.1) is 11.3 Å². The third kappa shape index (κ3) is 4.15. The van der Waals surface area contributed by atoms with Gasteiger partial charge in [-0.1, -0.05) is 29.8 Å². The van der Waals surface area contributed by atoms with Crippen LogP contribution in [0.15, 0.2) is 47.1 Å². The summed E-state index contributed by atoms with van der Waals surface area (Å²) in [4.78, 5) is 16.4. The number of carbonyl (C=O) groups excluding carboxylic acids is 1. The normalized spacial score (nSPS) is 16.0. The molecule has 1 aliphatic heterocycles. The number of hydrogen-bond donors (Lipinski definition) is 1. The average Bonchev–Trinajstić information content (AvgIpc) is 3.35. The molecule has 1 atom stereocenters. The van der Waals surface area contributed by atoms with Gasteiger partial charge >= 0.3 is 0 Å². The maximum Gasteiger partial charge on any atom is 0.291 e. The molecule has 0 radical (unpaired) electrons. The van der Waals surface area contributed by atoms with E-state index in [9.17, 15) is 4.79 Å².